The molecule has 2 aromatic heterocycles. The van der Waals surface area contributed by atoms with E-state index >= 15 is 0 Å². The number of benzene rings is 1. The van der Waals surface area contributed by atoms with Gasteiger partial charge in [0.05, 0.1) is 19.4 Å². The summed E-state index contributed by atoms with van der Waals surface area (Å²) >= 11 is 0. The summed E-state index contributed by atoms with van der Waals surface area (Å²) in [6.45, 7) is 9.62. The number of methoxy groups -OCH3 is 1. The Hall–Kier alpha value is -3.89. The van der Waals surface area contributed by atoms with Crippen molar-refractivity contribution in [3.05, 3.63) is 36.2 Å². The maximum atomic E-state index is 13.2. The molecule has 0 aliphatic carbocycles. The van der Waals surface area contributed by atoms with Gasteiger partial charge in [0.1, 0.15) is 5.75 Å². The zero-order valence-corrected chi connectivity index (χ0v) is 24.5. The predicted molar refractivity (Wildman–Crippen MR) is 159 cm³/mol. The van der Waals surface area contributed by atoms with Crippen LogP contribution in [0.1, 0.15) is 45.1 Å². The summed E-state index contributed by atoms with van der Waals surface area (Å²) in [5.74, 6) is 2.49. The number of nitrogens with one attached hydrogen (secondary N) is 1. The summed E-state index contributed by atoms with van der Waals surface area (Å²) in [6, 6.07) is 8.07. The van der Waals surface area contributed by atoms with Gasteiger partial charge in [-0.2, -0.15) is 9.97 Å². The van der Waals surface area contributed by atoms with E-state index in [1.165, 1.54) is 5.56 Å². The fourth-order valence-electron chi connectivity index (χ4n) is 5.80. The van der Waals surface area contributed by atoms with Gasteiger partial charge in [-0.15, -0.1) is 0 Å². The first-order valence-corrected chi connectivity index (χ1v) is 14.9. The molecule has 0 spiro atoms. The van der Waals surface area contributed by atoms with Crippen LogP contribution in [0.3, 0.4) is 0 Å². The monoisotopic (exact) mass is 562 g/mol. The van der Waals surface area contributed by atoms with Crippen LogP contribution in [0.25, 0.3) is 11.2 Å². The Balaban J connectivity index is 1.38. The highest BCUT2D eigenvalue weighted by Gasteiger charge is 2.30. The molecule has 11 heteroatoms. The fourth-order valence-corrected chi connectivity index (χ4v) is 5.80. The largest absolute Gasteiger partial charge is 0.497 e. The normalized spacial score (nSPS) is 17.3. The summed E-state index contributed by atoms with van der Waals surface area (Å²) < 4.78 is 7.29. The number of carbonyl (C=O) groups is 2. The van der Waals surface area contributed by atoms with E-state index in [-0.39, 0.29) is 17.7 Å². The number of hydrogen-bond donors (Lipinski definition) is 1. The second kappa shape index (κ2) is 13.2. The maximum absolute atomic E-state index is 13.2. The van der Waals surface area contributed by atoms with Gasteiger partial charge in [0.2, 0.25) is 17.8 Å². The number of piperidine rings is 1. The number of carbonyl (C=O) groups excluding carboxylic acids is 2. The third-order valence-corrected chi connectivity index (χ3v) is 8.23. The molecule has 5 rings (SSSR count). The number of ether oxygens (including phenoxy) is 1. The molecule has 1 N–H and O–H groups in total. The van der Waals surface area contributed by atoms with Crippen molar-refractivity contribution in [2.45, 2.75) is 52.5 Å². The first-order chi connectivity index (χ1) is 20.0. The van der Waals surface area contributed by atoms with Crippen LogP contribution in [-0.4, -0.2) is 94.1 Å². The molecule has 2 fully saturated rings. The molecular weight excluding hydrogens is 520 g/mol. The van der Waals surface area contributed by atoms with Crippen molar-refractivity contribution in [2.24, 2.45) is 5.92 Å². The van der Waals surface area contributed by atoms with E-state index < -0.39 is 0 Å². The lowest BCUT2D eigenvalue weighted by Gasteiger charge is -2.34. The zero-order valence-electron chi connectivity index (χ0n) is 24.5. The van der Waals surface area contributed by atoms with Crippen LogP contribution in [-0.2, 0) is 22.6 Å². The first-order valence-electron chi connectivity index (χ1n) is 14.9. The van der Waals surface area contributed by atoms with Crippen molar-refractivity contribution < 1.29 is 14.3 Å². The lowest BCUT2D eigenvalue weighted by molar-refractivity contribution is -0.135. The van der Waals surface area contributed by atoms with Gasteiger partial charge in [0.15, 0.2) is 17.0 Å². The third-order valence-electron chi connectivity index (χ3n) is 8.23. The van der Waals surface area contributed by atoms with Crippen molar-refractivity contribution in [1.82, 2.24) is 29.3 Å². The number of hydrogen-bond acceptors (Lipinski definition) is 8. The second-order valence-electron chi connectivity index (χ2n) is 10.8. The van der Waals surface area contributed by atoms with Crippen molar-refractivity contribution in [3.63, 3.8) is 0 Å². The summed E-state index contributed by atoms with van der Waals surface area (Å²) in [5, 5.41) is 3.51. The van der Waals surface area contributed by atoms with E-state index in [4.69, 9.17) is 14.7 Å². The highest BCUT2D eigenvalue weighted by atomic mass is 16.5. The summed E-state index contributed by atoms with van der Waals surface area (Å²) in [7, 11) is 1.67. The van der Waals surface area contributed by atoms with Crippen molar-refractivity contribution in [2.75, 3.05) is 63.1 Å². The van der Waals surface area contributed by atoms with Crippen LogP contribution < -0.4 is 15.0 Å². The Morgan fingerprint density at radius 1 is 1.10 bits per heavy atom. The molecule has 3 aromatic rings. The molecule has 41 heavy (non-hydrogen) atoms. The molecule has 2 aliphatic heterocycles. The molecule has 0 radical (unpaired) electrons. The smallest absolute Gasteiger partial charge is 0.229 e. The molecule has 2 amide bonds. The van der Waals surface area contributed by atoms with E-state index in [0.29, 0.717) is 49.9 Å². The van der Waals surface area contributed by atoms with Gasteiger partial charge in [-0.25, -0.2) is 4.98 Å². The van der Waals surface area contributed by atoms with Crippen LogP contribution in [0.5, 0.6) is 5.75 Å². The number of aromatic nitrogens is 4. The average molecular weight is 563 g/mol. The van der Waals surface area contributed by atoms with Crippen LogP contribution in [0.15, 0.2) is 30.6 Å². The minimum Gasteiger partial charge on any atom is -0.497 e. The van der Waals surface area contributed by atoms with E-state index in [0.717, 1.165) is 63.3 Å². The molecular formula is C30H42N8O3. The van der Waals surface area contributed by atoms with Gasteiger partial charge in [0.25, 0.3) is 0 Å². The fraction of sp³-hybridized carbons (Fsp3) is 0.567. The van der Waals surface area contributed by atoms with Crippen molar-refractivity contribution >= 4 is 34.7 Å². The first kappa shape index (κ1) is 28.6. The molecule has 2 saturated heterocycles. The number of rotatable bonds is 12. The van der Waals surface area contributed by atoms with Gasteiger partial charge in [-0.3, -0.25) is 9.59 Å². The van der Waals surface area contributed by atoms with Crippen molar-refractivity contribution in [1.29, 1.82) is 0 Å². The number of fused-ring (bicyclic) bond motifs is 1. The minimum absolute atomic E-state index is 0.0690. The van der Waals surface area contributed by atoms with Gasteiger partial charge >= 0.3 is 0 Å². The number of likely N-dealkylation sites (tertiary alicyclic amines) is 1. The zero-order chi connectivity index (χ0) is 28.8. The van der Waals surface area contributed by atoms with Gasteiger partial charge < -0.3 is 29.3 Å². The topological polar surface area (TPSA) is 109 Å². The lowest BCUT2D eigenvalue weighted by atomic mass is 9.96. The predicted octanol–water partition coefficient (Wildman–Crippen LogP) is 3.20. The van der Waals surface area contributed by atoms with Crippen LogP contribution in [0.4, 0.5) is 11.8 Å². The van der Waals surface area contributed by atoms with Gasteiger partial charge in [0, 0.05) is 58.8 Å². The maximum Gasteiger partial charge on any atom is 0.229 e. The molecule has 0 saturated carbocycles. The summed E-state index contributed by atoms with van der Waals surface area (Å²) in [6.07, 6.45) is 5.94. The molecule has 0 bridgehead atoms. The Bertz CT molecular complexity index is 1340. The third kappa shape index (κ3) is 6.55. The average Bonchev–Trinajstić information content (AvgIpc) is 3.62. The second-order valence-corrected chi connectivity index (χ2v) is 10.8. The molecule has 2 aliphatic rings. The highest BCUT2D eigenvalue weighted by Crippen LogP contribution is 2.27. The number of amides is 2. The quantitative estimate of drug-likeness (QED) is 0.359. The Kier molecular flexibility index (Phi) is 9.21. The van der Waals surface area contributed by atoms with Crippen LogP contribution in [0.2, 0.25) is 0 Å². The van der Waals surface area contributed by atoms with E-state index in [9.17, 15) is 9.59 Å². The van der Waals surface area contributed by atoms with Gasteiger partial charge in [-0.05, 0) is 57.2 Å². The summed E-state index contributed by atoms with van der Waals surface area (Å²) in [4.78, 5) is 45.9. The lowest BCUT2D eigenvalue weighted by Crippen LogP contribution is -2.45. The SMILES string of the molecule is CCN(CC)C(=O)C1CCCN(c2nc(NCCc3ccc(OC)cc3)c3ncn(CCN4CCCC4=O)c3n2)C1. The molecule has 11 nitrogen and oxygen atoms in total. The minimum atomic E-state index is -0.0690. The summed E-state index contributed by atoms with van der Waals surface area (Å²) in [5.41, 5.74) is 2.65. The molecule has 4 heterocycles. The standard InChI is InChI=1S/C30H42N8O3/c1-4-35(5-2)29(40)23-8-6-17-37(20-23)30-33-27(31-15-14-22-10-12-24(41-3)13-11-22)26-28(34-30)38(21-32-26)19-18-36-16-7-9-25(36)39/h10-13,21,23H,4-9,14-20H2,1-3H3,(H,31,33,34). The number of nitrogens with zero attached hydrogens (tertiary/aromatic N) is 7. The van der Waals surface area contributed by atoms with Crippen LogP contribution in [0, 0.1) is 5.92 Å². The van der Waals surface area contributed by atoms with E-state index in [1.54, 1.807) is 13.4 Å². The number of imidazole rings is 1. The Morgan fingerprint density at radius 2 is 1.90 bits per heavy atom. The van der Waals surface area contributed by atoms with E-state index in [2.05, 4.69) is 27.3 Å². The van der Waals surface area contributed by atoms with E-state index in [1.807, 2.05) is 40.3 Å². The van der Waals surface area contributed by atoms with Crippen molar-refractivity contribution in [3.8, 4) is 5.75 Å². The Labute approximate surface area is 241 Å². The Morgan fingerprint density at radius 3 is 2.61 bits per heavy atom. The van der Waals surface area contributed by atoms with Crippen LogP contribution >= 0.6 is 0 Å². The molecule has 1 unspecified atom stereocenters. The molecule has 1 atom stereocenters. The molecule has 1 aromatic carbocycles. The highest BCUT2D eigenvalue weighted by molar-refractivity contribution is 5.85. The molecule has 220 valence electrons. The van der Waals surface area contributed by atoms with Gasteiger partial charge in [-0.1, -0.05) is 12.1 Å². The number of anilines is 2.